The van der Waals surface area contributed by atoms with Crippen molar-refractivity contribution in [1.82, 2.24) is 15.1 Å². The van der Waals surface area contributed by atoms with Crippen molar-refractivity contribution >= 4 is 5.82 Å². The van der Waals surface area contributed by atoms with Gasteiger partial charge in [0.15, 0.2) is 0 Å². The van der Waals surface area contributed by atoms with Gasteiger partial charge in [-0.25, -0.2) is 0 Å². The van der Waals surface area contributed by atoms with E-state index in [4.69, 9.17) is 0 Å². The predicted octanol–water partition coefficient (Wildman–Crippen LogP) is 2.08. The zero-order valence-corrected chi connectivity index (χ0v) is 11.1. The van der Waals surface area contributed by atoms with Crippen LogP contribution in [0.5, 0.6) is 0 Å². The molecule has 3 rings (SSSR count). The van der Waals surface area contributed by atoms with Gasteiger partial charge >= 0.3 is 0 Å². The molecule has 2 heterocycles. The molecule has 4 heteroatoms. The molecule has 0 atom stereocenters. The second-order valence-corrected chi connectivity index (χ2v) is 4.90. The Bertz CT molecular complexity index is 553. The van der Waals surface area contributed by atoms with Crippen LogP contribution in [0.15, 0.2) is 36.4 Å². The van der Waals surface area contributed by atoms with Gasteiger partial charge in [0, 0.05) is 33.1 Å². The van der Waals surface area contributed by atoms with Gasteiger partial charge in [0.2, 0.25) is 0 Å². The highest BCUT2D eigenvalue weighted by atomic mass is 15.2. The van der Waals surface area contributed by atoms with Gasteiger partial charge < -0.3 is 5.32 Å². The maximum Gasteiger partial charge on any atom is 0.148 e. The fourth-order valence-corrected chi connectivity index (χ4v) is 2.49. The van der Waals surface area contributed by atoms with E-state index in [1.807, 2.05) is 7.05 Å². The minimum Gasteiger partial charge on any atom is -0.372 e. The summed E-state index contributed by atoms with van der Waals surface area (Å²) in [5.41, 5.74) is 3.80. The lowest BCUT2D eigenvalue weighted by Crippen LogP contribution is -2.31. The maximum absolute atomic E-state index is 4.29. The Hall–Kier alpha value is -1.94. The van der Waals surface area contributed by atoms with Crippen LogP contribution < -0.4 is 5.32 Å². The van der Waals surface area contributed by atoms with Gasteiger partial charge in [-0.05, 0) is 17.2 Å². The highest BCUT2D eigenvalue weighted by Crippen LogP contribution is 2.20. The highest BCUT2D eigenvalue weighted by molar-refractivity contribution is 5.38. The third kappa shape index (κ3) is 2.74. The van der Waals surface area contributed by atoms with E-state index in [-0.39, 0.29) is 0 Å². The minimum absolute atomic E-state index is 0.848. The quantitative estimate of drug-likeness (QED) is 0.910. The molecule has 1 aromatic carbocycles. The molecule has 0 unspecified atom stereocenters. The van der Waals surface area contributed by atoms with E-state index in [9.17, 15) is 0 Å². The fraction of sp³-hybridized carbons (Fsp3) is 0.333. The second kappa shape index (κ2) is 5.36. The Balaban J connectivity index is 1.74. The molecule has 0 fully saturated rings. The standard InChI is InChI=1S/C15H18N4/c1-16-15-9-13-11-19(8-7-14(13)17-18-15)10-12-5-3-2-4-6-12/h2-6,9H,7-8,10-11H2,1H3,(H,16,18). The number of nitrogens with zero attached hydrogens (tertiary/aromatic N) is 3. The average Bonchev–Trinajstić information content (AvgIpc) is 2.47. The van der Waals surface area contributed by atoms with Gasteiger partial charge in [-0.3, -0.25) is 4.90 Å². The zero-order valence-electron chi connectivity index (χ0n) is 11.1. The number of hydrogen-bond acceptors (Lipinski definition) is 4. The van der Waals surface area contributed by atoms with Crippen LogP contribution in [-0.4, -0.2) is 28.7 Å². The average molecular weight is 254 g/mol. The number of rotatable bonds is 3. The zero-order chi connectivity index (χ0) is 13.1. The summed E-state index contributed by atoms with van der Waals surface area (Å²) in [5, 5.41) is 11.5. The first-order valence-corrected chi connectivity index (χ1v) is 6.64. The molecule has 2 aromatic rings. The summed E-state index contributed by atoms with van der Waals surface area (Å²) in [6.45, 7) is 3.00. The predicted molar refractivity (Wildman–Crippen MR) is 75.8 cm³/mol. The summed E-state index contributed by atoms with van der Waals surface area (Å²) < 4.78 is 0. The molecule has 19 heavy (non-hydrogen) atoms. The highest BCUT2D eigenvalue weighted by Gasteiger charge is 2.18. The largest absolute Gasteiger partial charge is 0.372 e. The molecule has 0 aliphatic carbocycles. The van der Waals surface area contributed by atoms with E-state index in [0.717, 1.165) is 37.6 Å². The maximum atomic E-state index is 4.29. The summed E-state index contributed by atoms with van der Waals surface area (Å²) in [5.74, 6) is 0.848. The summed E-state index contributed by atoms with van der Waals surface area (Å²) in [4.78, 5) is 2.46. The van der Waals surface area contributed by atoms with Crippen LogP contribution in [0.2, 0.25) is 0 Å². The lowest BCUT2D eigenvalue weighted by atomic mass is 10.1. The monoisotopic (exact) mass is 254 g/mol. The van der Waals surface area contributed by atoms with Crippen LogP contribution >= 0.6 is 0 Å². The van der Waals surface area contributed by atoms with Crippen molar-refractivity contribution in [1.29, 1.82) is 0 Å². The van der Waals surface area contributed by atoms with Gasteiger partial charge in [-0.2, -0.15) is 5.10 Å². The van der Waals surface area contributed by atoms with Crippen molar-refractivity contribution in [3.05, 3.63) is 53.2 Å². The fourth-order valence-electron chi connectivity index (χ4n) is 2.49. The molecule has 1 N–H and O–H groups in total. The summed E-state index contributed by atoms with van der Waals surface area (Å²) in [6, 6.07) is 12.7. The van der Waals surface area contributed by atoms with Gasteiger partial charge in [0.25, 0.3) is 0 Å². The molecule has 1 aliphatic heterocycles. The topological polar surface area (TPSA) is 41.1 Å². The van der Waals surface area contributed by atoms with Crippen LogP contribution in [0.25, 0.3) is 0 Å². The van der Waals surface area contributed by atoms with Crippen molar-refractivity contribution in [2.45, 2.75) is 19.5 Å². The Morgan fingerprint density at radius 3 is 2.84 bits per heavy atom. The summed E-state index contributed by atoms with van der Waals surface area (Å²) in [6.07, 6.45) is 0.985. The first-order valence-electron chi connectivity index (χ1n) is 6.64. The number of nitrogens with one attached hydrogen (secondary N) is 1. The van der Waals surface area contributed by atoms with Gasteiger partial charge in [0.05, 0.1) is 5.69 Å². The first kappa shape index (κ1) is 12.1. The third-order valence-corrected chi connectivity index (χ3v) is 3.52. The molecule has 0 saturated heterocycles. The molecule has 98 valence electrons. The van der Waals surface area contributed by atoms with Crippen LogP contribution in [0.1, 0.15) is 16.8 Å². The summed E-state index contributed by atoms with van der Waals surface area (Å²) in [7, 11) is 1.88. The van der Waals surface area contributed by atoms with Crippen molar-refractivity contribution < 1.29 is 0 Å². The summed E-state index contributed by atoms with van der Waals surface area (Å²) >= 11 is 0. The molecular weight excluding hydrogens is 236 g/mol. The van der Waals surface area contributed by atoms with Crippen molar-refractivity contribution in [3.8, 4) is 0 Å². The molecule has 0 spiro atoms. The lowest BCUT2D eigenvalue weighted by molar-refractivity contribution is 0.242. The van der Waals surface area contributed by atoms with Gasteiger partial charge in [-0.15, -0.1) is 5.10 Å². The number of anilines is 1. The van der Waals surface area contributed by atoms with Crippen LogP contribution in [-0.2, 0) is 19.5 Å². The third-order valence-electron chi connectivity index (χ3n) is 3.52. The molecular formula is C15H18N4. The van der Waals surface area contributed by atoms with Crippen LogP contribution in [0.4, 0.5) is 5.82 Å². The van der Waals surface area contributed by atoms with Crippen LogP contribution in [0, 0.1) is 0 Å². The first-order chi connectivity index (χ1) is 9.35. The van der Waals surface area contributed by atoms with E-state index in [1.54, 1.807) is 0 Å². The number of aromatic nitrogens is 2. The SMILES string of the molecule is CNc1cc2c(nn1)CCN(Cc1ccccc1)C2. The van der Waals surface area contributed by atoms with E-state index in [0.29, 0.717) is 0 Å². The molecule has 4 nitrogen and oxygen atoms in total. The molecule has 0 bridgehead atoms. The molecule has 0 saturated carbocycles. The van der Waals surface area contributed by atoms with E-state index >= 15 is 0 Å². The number of fused-ring (bicyclic) bond motifs is 1. The van der Waals surface area contributed by atoms with E-state index in [1.165, 1.54) is 11.1 Å². The number of hydrogen-bond donors (Lipinski definition) is 1. The Morgan fingerprint density at radius 1 is 1.21 bits per heavy atom. The van der Waals surface area contributed by atoms with Gasteiger partial charge in [0.1, 0.15) is 5.82 Å². The smallest absolute Gasteiger partial charge is 0.148 e. The lowest BCUT2D eigenvalue weighted by Gasteiger charge is -2.28. The van der Waals surface area contributed by atoms with Crippen LogP contribution in [0.3, 0.4) is 0 Å². The minimum atomic E-state index is 0.848. The molecule has 1 aliphatic rings. The van der Waals surface area contributed by atoms with E-state index in [2.05, 4.69) is 56.8 Å². The second-order valence-electron chi connectivity index (χ2n) is 4.90. The Kier molecular flexibility index (Phi) is 3.42. The molecule has 0 radical (unpaired) electrons. The number of benzene rings is 1. The normalized spacial score (nSPS) is 15.0. The van der Waals surface area contributed by atoms with Crippen molar-refractivity contribution in [2.75, 3.05) is 18.9 Å². The van der Waals surface area contributed by atoms with Gasteiger partial charge in [-0.1, -0.05) is 30.3 Å². The molecule has 0 amide bonds. The Labute approximate surface area is 113 Å². The molecule has 1 aromatic heterocycles. The van der Waals surface area contributed by atoms with E-state index < -0.39 is 0 Å². The van der Waals surface area contributed by atoms with Crippen molar-refractivity contribution in [2.24, 2.45) is 0 Å². The Morgan fingerprint density at radius 2 is 2.05 bits per heavy atom. The van der Waals surface area contributed by atoms with Crippen molar-refractivity contribution in [3.63, 3.8) is 0 Å².